The lowest BCUT2D eigenvalue weighted by Gasteiger charge is -2.26. The molecule has 2 aromatic rings. The Labute approximate surface area is 206 Å². The molecule has 0 radical (unpaired) electrons. The molecule has 0 aromatic heterocycles. The molecule has 0 aliphatic carbocycles. The van der Waals surface area contributed by atoms with E-state index in [4.69, 9.17) is 16.3 Å². The van der Waals surface area contributed by atoms with E-state index >= 15 is 0 Å². The van der Waals surface area contributed by atoms with Crippen molar-refractivity contribution in [2.24, 2.45) is 5.92 Å². The van der Waals surface area contributed by atoms with Crippen LogP contribution in [0.4, 0.5) is 0 Å². The predicted molar refractivity (Wildman–Crippen MR) is 135 cm³/mol. The largest absolute Gasteiger partial charge is 0.507 e. The number of ketones is 1. The van der Waals surface area contributed by atoms with Crippen molar-refractivity contribution in [2.45, 2.75) is 33.2 Å². The van der Waals surface area contributed by atoms with Gasteiger partial charge >= 0.3 is 0 Å². The minimum absolute atomic E-state index is 0.0936. The highest BCUT2D eigenvalue weighted by molar-refractivity contribution is 6.46. The molecule has 1 saturated heterocycles. The maximum atomic E-state index is 13.2. The molecule has 1 aliphatic rings. The maximum Gasteiger partial charge on any atom is 0.295 e. The van der Waals surface area contributed by atoms with Gasteiger partial charge in [0.05, 0.1) is 18.2 Å². The van der Waals surface area contributed by atoms with E-state index in [1.807, 2.05) is 32.0 Å². The molecule has 1 fully saturated rings. The van der Waals surface area contributed by atoms with E-state index in [1.54, 1.807) is 41.3 Å². The van der Waals surface area contributed by atoms with E-state index in [1.165, 1.54) is 0 Å². The van der Waals surface area contributed by atoms with Crippen LogP contribution in [0.2, 0.25) is 5.02 Å². The SMILES string of the molecule is Cc1cc(OCC(C)C)ccc1C(O)=C1C(=O)C(=O)N(CCCN(C)C)[C@@H]1c1ccc(Cl)cc1. The highest BCUT2D eigenvalue weighted by Gasteiger charge is 2.45. The van der Waals surface area contributed by atoms with Gasteiger partial charge in [0, 0.05) is 17.1 Å². The van der Waals surface area contributed by atoms with Gasteiger partial charge in [-0.25, -0.2) is 0 Å². The number of nitrogens with zero attached hydrogens (tertiary/aromatic N) is 2. The number of benzene rings is 2. The average Bonchev–Trinajstić information content (AvgIpc) is 3.02. The Balaban J connectivity index is 2.04. The number of hydrogen-bond acceptors (Lipinski definition) is 5. The lowest BCUT2D eigenvalue weighted by molar-refractivity contribution is -0.139. The molecule has 1 heterocycles. The molecule has 3 rings (SSSR count). The van der Waals surface area contributed by atoms with E-state index in [-0.39, 0.29) is 11.3 Å². The summed E-state index contributed by atoms with van der Waals surface area (Å²) in [5, 5.41) is 11.9. The Bertz CT molecular complexity index is 1080. The highest BCUT2D eigenvalue weighted by atomic mass is 35.5. The number of likely N-dealkylation sites (tertiary alicyclic amines) is 1. The van der Waals surface area contributed by atoms with Crippen molar-refractivity contribution in [2.75, 3.05) is 33.8 Å². The summed E-state index contributed by atoms with van der Waals surface area (Å²) >= 11 is 6.08. The van der Waals surface area contributed by atoms with Gasteiger partial charge in [-0.2, -0.15) is 0 Å². The van der Waals surface area contributed by atoms with Crippen LogP contribution in [0.15, 0.2) is 48.0 Å². The molecule has 182 valence electrons. The van der Waals surface area contributed by atoms with Crippen molar-refractivity contribution in [1.29, 1.82) is 0 Å². The van der Waals surface area contributed by atoms with Gasteiger partial charge in [0.25, 0.3) is 11.7 Å². The first-order chi connectivity index (χ1) is 16.1. The summed E-state index contributed by atoms with van der Waals surface area (Å²) in [6, 6.07) is 11.7. The lowest BCUT2D eigenvalue weighted by Crippen LogP contribution is -2.32. The van der Waals surface area contributed by atoms with Crippen LogP contribution in [0.25, 0.3) is 5.76 Å². The van der Waals surface area contributed by atoms with E-state index in [9.17, 15) is 14.7 Å². The van der Waals surface area contributed by atoms with Crippen LogP contribution in [0.5, 0.6) is 5.75 Å². The number of rotatable bonds is 9. The number of amides is 1. The third-order valence-corrected chi connectivity index (χ3v) is 6.02. The van der Waals surface area contributed by atoms with Crippen LogP contribution in [0.1, 0.15) is 43.0 Å². The Hall–Kier alpha value is -2.83. The van der Waals surface area contributed by atoms with Gasteiger partial charge in [0.1, 0.15) is 11.5 Å². The molecule has 1 amide bonds. The number of aliphatic hydroxyl groups excluding tert-OH is 1. The summed E-state index contributed by atoms with van der Waals surface area (Å²) in [7, 11) is 3.92. The predicted octanol–water partition coefficient (Wildman–Crippen LogP) is 5.06. The zero-order valence-electron chi connectivity index (χ0n) is 20.5. The van der Waals surface area contributed by atoms with Crippen molar-refractivity contribution >= 4 is 29.1 Å². The molecule has 0 saturated carbocycles. The second-order valence-electron chi connectivity index (χ2n) is 9.38. The molecule has 1 atom stereocenters. The fourth-order valence-electron chi connectivity index (χ4n) is 4.06. The Morgan fingerprint density at radius 3 is 2.41 bits per heavy atom. The zero-order chi connectivity index (χ0) is 25.0. The number of halogens is 1. The van der Waals surface area contributed by atoms with Crippen LogP contribution < -0.4 is 4.74 Å². The fourth-order valence-corrected chi connectivity index (χ4v) is 4.19. The molecular formula is C27H33ClN2O4. The van der Waals surface area contributed by atoms with Gasteiger partial charge in [-0.1, -0.05) is 37.6 Å². The maximum absolute atomic E-state index is 13.2. The number of hydrogen-bond donors (Lipinski definition) is 1. The number of aryl methyl sites for hydroxylation is 1. The third-order valence-electron chi connectivity index (χ3n) is 5.77. The third kappa shape index (κ3) is 5.80. The summed E-state index contributed by atoms with van der Waals surface area (Å²) in [5.41, 5.74) is 2.08. The number of aliphatic hydroxyl groups is 1. The molecule has 1 aliphatic heterocycles. The van der Waals surface area contributed by atoms with Gasteiger partial charge in [0.2, 0.25) is 0 Å². The average molecular weight is 485 g/mol. The first kappa shape index (κ1) is 25.8. The van der Waals surface area contributed by atoms with E-state index in [0.29, 0.717) is 41.8 Å². The van der Waals surface area contributed by atoms with Crippen molar-refractivity contribution in [1.82, 2.24) is 9.80 Å². The van der Waals surface area contributed by atoms with Crippen LogP contribution in [0, 0.1) is 12.8 Å². The molecule has 34 heavy (non-hydrogen) atoms. The number of Topliss-reactive ketones (excluding diaryl/α,β-unsaturated/α-hetero) is 1. The highest BCUT2D eigenvalue weighted by Crippen LogP contribution is 2.40. The topological polar surface area (TPSA) is 70.1 Å². The molecule has 0 bridgehead atoms. The molecule has 2 aromatic carbocycles. The second kappa shape index (κ2) is 11.1. The Morgan fingerprint density at radius 1 is 1.15 bits per heavy atom. The van der Waals surface area contributed by atoms with Crippen molar-refractivity contribution in [3.05, 3.63) is 69.8 Å². The normalized spacial score (nSPS) is 17.8. The smallest absolute Gasteiger partial charge is 0.295 e. The molecule has 7 heteroatoms. The van der Waals surface area contributed by atoms with E-state index in [0.717, 1.165) is 17.7 Å². The quantitative estimate of drug-likeness (QED) is 0.306. The monoisotopic (exact) mass is 484 g/mol. The van der Waals surface area contributed by atoms with Gasteiger partial charge in [-0.3, -0.25) is 9.59 Å². The van der Waals surface area contributed by atoms with Crippen LogP contribution in [-0.4, -0.2) is 60.4 Å². The summed E-state index contributed by atoms with van der Waals surface area (Å²) in [5.74, 6) is -0.379. The van der Waals surface area contributed by atoms with Crippen molar-refractivity contribution in [3.8, 4) is 5.75 Å². The Kier molecular flexibility index (Phi) is 8.39. The van der Waals surface area contributed by atoms with Crippen LogP contribution in [-0.2, 0) is 9.59 Å². The molecule has 0 unspecified atom stereocenters. The minimum Gasteiger partial charge on any atom is -0.507 e. The number of carbonyl (C=O) groups is 2. The summed E-state index contributed by atoms with van der Waals surface area (Å²) in [4.78, 5) is 29.8. The number of ether oxygens (including phenoxy) is 1. The summed E-state index contributed by atoms with van der Waals surface area (Å²) in [6.45, 7) is 7.74. The van der Waals surface area contributed by atoms with Crippen molar-refractivity contribution < 1.29 is 19.4 Å². The minimum atomic E-state index is -0.685. The lowest BCUT2D eigenvalue weighted by atomic mass is 9.94. The standard InChI is InChI=1S/C27H33ClN2O4/c1-17(2)16-34-21-11-12-22(18(3)15-21)25(31)23-24(19-7-9-20(28)10-8-19)30(27(33)26(23)32)14-6-13-29(4)5/h7-12,15,17,24,31H,6,13-14,16H2,1-5H3/t24-/m1/s1. The van der Waals surface area contributed by atoms with Crippen LogP contribution in [0.3, 0.4) is 0 Å². The molecule has 6 nitrogen and oxygen atoms in total. The van der Waals surface area contributed by atoms with Crippen LogP contribution >= 0.6 is 11.6 Å². The first-order valence-electron chi connectivity index (χ1n) is 11.5. The van der Waals surface area contributed by atoms with Gasteiger partial charge in [-0.05, 0) is 81.4 Å². The van der Waals surface area contributed by atoms with Gasteiger partial charge in [0.15, 0.2) is 0 Å². The summed E-state index contributed by atoms with van der Waals surface area (Å²) < 4.78 is 5.79. The van der Waals surface area contributed by atoms with E-state index < -0.39 is 17.7 Å². The molecular weight excluding hydrogens is 452 g/mol. The molecule has 1 N–H and O–H groups in total. The van der Waals surface area contributed by atoms with Gasteiger partial charge in [-0.15, -0.1) is 0 Å². The fraction of sp³-hybridized carbons (Fsp3) is 0.407. The summed E-state index contributed by atoms with van der Waals surface area (Å²) in [6.07, 6.45) is 0.699. The van der Waals surface area contributed by atoms with Crippen molar-refractivity contribution in [3.63, 3.8) is 0 Å². The van der Waals surface area contributed by atoms with Gasteiger partial charge < -0.3 is 19.6 Å². The zero-order valence-corrected chi connectivity index (χ0v) is 21.2. The molecule has 0 spiro atoms. The second-order valence-corrected chi connectivity index (χ2v) is 9.82. The first-order valence-corrected chi connectivity index (χ1v) is 11.9. The van der Waals surface area contributed by atoms with E-state index in [2.05, 4.69) is 13.8 Å². The Morgan fingerprint density at radius 2 is 1.82 bits per heavy atom. The number of carbonyl (C=O) groups excluding carboxylic acids is 2.